The van der Waals surface area contributed by atoms with Crippen LogP contribution in [0.3, 0.4) is 0 Å². The molecule has 3 aromatic carbocycles. The molecule has 0 bridgehead atoms. The molecule has 8 nitrogen and oxygen atoms in total. The number of halogens is 1. The summed E-state index contributed by atoms with van der Waals surface area (Å²) in [6.07, 6.45) is 6.02. The molecule has 6 rings (SSSR count). The van der Waals surface area contributed by atoms with Crippen molar-refractivity contribution in [3.63, 3.8) is 0 Å². The highest BCUT2D eigenvalue weighted by atomic mass is 35.5. The third-order valence-corrected chi connectivity index (χ3v) is 9.06. The minimum Gasteiger partial charge on any atom is -0.492 e. The van der Waals surface area contributed by atoms with E-state index in [-0.39, 0.29) is 5.91 Å². The van der Waals surface area contributed by atoms with Crippen LogP contribution in [0.1, 0.15) is 39.2 Å². The van der Waals surface area contributed by atoms with Gasteiger partial charge < -0.3 is 19.1 Å². The molecule has 2 aromatic heterocycles. The molecule has 262 valence electrons. The minimum absolute atomic E-state index is 0.0262. The summed E-state index contributed by atoms with van der Waals surface area (Å²) in [5, 5.41) is 0.629. The molecule has 0 aliphatic carbocycles. The first kappa shape index (κ1) is 35.6. The van der Waals surface area contributed by atoms with Crippen molar-refractivity contribution >= 4 is 23.6 Å². The van der Waals surface area contributed by atoms with Gasteiger partial charge in [0.1, 0.15) is 23.9 Å². The van der Waals surface area contributed by atoms with Crippen molar-refractivity contribution in [1.29, 1.82) is 0 Å². The molecule has 5 aromatic rings. The molecule has 3 heterocycles. The molecule has 0 N–H and O–H groups in total. The number of carbonyl (C=O) groups excluding carboxylic acids is 1. The lowest BCUT2D eigenvalue weighted by Crippen LogP contribution is -2.47. The van der Waals surface area contributed by atoms with Crippen LogP contribution in [0, 0.1) is 20.8 Å². The van der Waals surface area contributed by atoms with Crippen LogP contribution in [-0.2, 0) is 24.4 Å². The van der Waals surface area contributed by atoms with Gasteiger partial charge in [0.05, 0.1) is 23.5 Å². The largest absolute Gasteiger partial charge is 0.492 e. The third-order valence-electron chi connectivity index (χ3n) is 8.75. The molecule has 9 heteroatoms. The van der Waals surface area contributed by atoms with Gasteiger partial charge in [0.2, 0.25) is 11.8 Å². The zero-order valence-electron chi connectivity index (χ0n) is 29.3. The third kappa shape index (κ3) is 10.2. The molecule has 1 amide bonds. The van der Waals surface area contributed by atoms with Crippen LogP contribution in [0.5, 0.6) is 23.1 Å². The molecule has 1 fully saturated rings. The van der Waals surface area contributed by atoms with Gasteiger partial charge in [-0.05, 0) is 97.1 Å². The number of hydrogen-bond donors (Lipinski definition) is 0. The van der Waals surface area contributed by atoms with E-state index < -0.39 is 0 Å². The van der Waals surface area contributed by atoms with Crippen LogP contribution in [0.4, 0.5) is 0 Å². The van der Waals surface area contributed by atoms with E-state index in [4.69, 9.17) is 25.8 Å². The summed E-state index contributed by atoms with van der Waals surface area (Å²) in [6.45, 7) is 10.8. The number of ether oxygens (including phenoxy) is 3. The standard InChI is InChI=1S/C42H43ClN4O4/c1-30-25-35(26-31(2)42(30)51-40-17-16-37(27-44-40)50-29-36-8-6-7-32(3)45-36)15-18-41(48)47-22-20-46(21-23-47)28-34-13-11-33(12-14-34)19-24-49-39-10-5-4-9-38(39)43/h4-18,25-27H,19-24,28-29H2,1-3H3/b18-15+. The maximum atomic E-state index is 13.1. The molecule has 0 atom stereocenters. The molecule has 1 aliphatic rings. The lowest BCUT2D eigenvalue weighted by Gasteiger charge is -2.34. The molecule has 0 saturated carbocycles. The summed E-state index contributed by atoms with van der Waals surface area (Å²) in [6, 6.07) is 29.7. The van der Waals surface area contributed by atoms with Crippen LogP contribution < -0.4 is 14.2 Å². The highest BCUT2D eigenvalue weighted by molar-refractivity contribution is 6.32. The van der Waals surface area contributed by atoms with Crippen molar-refractivity contribution in [2.75, 3.05) is 32.8 Å². The van der Waals surface area contributed by atoms with Gasteiger partial charge in [-0.2, -0.15) is 0 Å². The number of piperazine rings is 1. The smallest absolute Gasteiger partial charge is 0.246 e. The molecule has 1 saturated heterocycles. The Morgan fingerprint density at radius 1 is 0.843 bits per heavy atom. The van der Waals surface area contributed by atoms with E-state index in [0.29, 0.717) is 48.7 Å². The minimum atomic E-state index is 0.0262. The van der Waals surface area contributed by atoms with E-state index in [9.17, 15) is 4.79 Å². The molecule has 51 heavy (non-hydrogen) atoms. The first-order valence-corrected chi connectivity index (χ1v) is 17.6. The Bertz CT molecular complexity index is 1930. The van der Waals surface area contributed by atoms with E-state index in [0.717, 1.165) is 59.9 Å². The van der Waals surface area contributed by atoms with Crippen molar-refractivity contribution in [2.24, 2.45) is 0 Å². The number of para-hydroxylation sites is 1. The zero-order valence-corrected chi connectivity index (χ0v) is 30.1. The summed E-state index contributed by atoms with van der Waals surface area (Å²) < 4.78 is 17.8. The van der Waals surface area contributed by atoms with Crippen LogP contribution in [-0.4, -0.2) is 58.5 Å². The Kier molecular flexibility index (Phi) is 12.0. The number of benzene rings is 3. The van der Waals surface area contributed by atoms with E-state index in [1.165, 1.54) is 11.1 Å². The van der Waals surface area contributed by atoms with Crippen molar-refractivity contribution in [2.45, 2.75) is 40.3 Å². The van der Waals surface area contributed by atoms with Gasteiger partial charge in [-0.1, -0.05) is 54.1 Å². The van der Waals surface area contributed by atoms with Gasteiger partial charge in [-0.15, -0.1) is 0 Å². The Balaban J connectivity index is 0.937. The Hall–Kier alpha value is -5.18. The van der Waals surface area contributed by atoms with Crippen molar-refractivity contribution in [3.05, 3.63) is 147 Å². The number of aryl methyl sites for hydroxylation is 3. The monoisotopic (exact) mass is 702 g/mol. The van der Waals surface area contributed by atoms with Crippen molar-refractivity contribution < 1.29 is 19.0 Å². The van der Waals surface area contributed by atoms with Crippen LogP contribution in [0.15, 0.2) is 103 Å². The van der Waals surface area contributed by atoms with Crippen LogP contribution in [0.2, 0.25) is 5.02 Å². The van der Waals surface area contributed by atoms with Gasteiger partial charge in [0, 0.05) is 57.0 Å². The average Bonchev–Trinajstić information content (AvgIpc) is 3.13. The normalized spacial score (nSPS) is 13.4. The number of nitrogens with zero attached hydrogens (tertiary/aromatic N) is 4. The number of rotatable bonds is 13. The van der Waals surface area contributed by atoms with Gasteiger partial charge >= 0.3 is 0 Å². The summed E-state index contributed by atoms with van der Waals surface area (Å²) in [5.74, 6) is 2.61. The topological polar surface area (TPSA) is 77.0 Å². The number of carbonyl (C=O) groups is 1. The van der Waals surface area contributed by atoms with Crippen molar-refractivity contribution in [3.8, 4) is 23.1 Å². The quantitative estimate of drug-likeness (QED) is 0.114. The number of hydrogen-bond acceptors (Lipinski definition) is 7. The number of amides is 1. The lowest BCUT2D eigenvalue weighted by atomic mass is 10.1. The Morgan fingerprint density at radius 2 is 1.59 bits per heavy atom. The molecule has 0 unspecified atom stereocenters. The van der Waals surface area contributed by atoms with Crippen LogP contribution >= 0.6 is 11.6 Å². The Morgan fingerprint density at radius 3 is 2.29 bits per heavy atom. The SMILES string of the molecule is Cc1cccc(COc2ccc(Oc3c(C)cc(/C=C/C(=O)N4CCN(Cc5ccc(CCOc6ccccc6Cl)cc5)CC4)cc3C)nc2)n1. The highest BCUT2D eigenvalue weighted by Gasteiger charge is 2.20. The van der Waals surface area contributed by atoms with Crippen LogP contribution in [0.25, 0.3) is 6.08 Å². The second-order valence-electron chi connectivity index (χ2n) is 12.8. The number of aromatic nitrogens is 2. The summed E-state index contributed by atoms with van der Waals surface area (Å²) in [7, 11) is 0. The fraction of sp³-hybridized carbons (Fsp3) is 0.262. The maximum absolute atomic E-state index is 13.1. The Labute approximate surface area is 305 Å². The molecule has 1 aliphatic heterocycles. The maximum Gasteiger partial charge on any atom is 0.246 e. The molecule has 0 radical (unpaired) electrons. The van der Waals surface area contributed by atoms with E-state index >= 15 is 0 Å². The second-order valence-corrected chi connectivity index (χ2v) is 13.2. The van der Waals surface area contributed by atoms with Gasteiger partial charge in [-0.25, -0.2) is 4.98 Å². The summed E-state index contributed by atoms with van der Waals surface area (Å²) in [4.78, 5) is 26.3. The average molecular weight is 703 g/mol. The highest BCUT2D eigenvalue weighted by Crippen LogP contribution is 2.30. The predicted molar refractivity (Wildman–Crippen MR) is 202 cm³/mol. The van der Waals surface area contributed by atoms with Gasteiger partial charge in [0.15, 0.2) is 0 Å². The summed E-state index contributed by atoms with van der Waals surface area (Å²) in [5.41, 5.74) is 7.17. The predicted octanol–water partition coefficient (Wildman–Crippen LogP) is 8.41. The number of pyridine rings is 2. The lowest BCUT2D eigenvalue weighted by molar-refractivity contribution is -0.127. The first-order valence-electron chi connectivity index (χ1n) is 17.2. The van der Waals surface area contributed by atoms with Crippen molar-refractivity contribution in [1.82, 2.24) is 19.8 Å². The molecule has 0 spiro atoms. The fourth-order valence-corrected chi connectivity index (χ4v) is 6.19. The molecular formula is C42H43ClN4O4. The van der Waals surface area contributed by atoms with E-state index in [1.807, 2.05) is 92.4 Å². The second kappa shape index (κ2) is 17.2. The molecular weight excluding hydrogens is 660 g/mol. The first-order chi connectivity index (χ1) is 24.8. The fourth-order valence-electron chi connectivity index (χ4n) is 6.00. The van der Waals surface area contributed by atoms with Gasteiger partial charge in [-0.3, -0.25) is 14.7 Å². The summed E-state index contributed by atoms with van der Waals surface area (Å²) >= 11 is 6.18. The van der Waals surface area contributed by atoms with Gasteiger partial charge in [0.25, 0.3) is 0 Å². The van der Waals surface area contributed by atoms with E-state index in [1.54, 1.807) is 18.3 Å². The van der Waals surface area contributed by atoms with E-state index in [2.05, 4.69) is 39.1 Å². The zero-order chi connectivity index (χ0) is 35.6.